The molecule has 2 aromatic rings. The van der Waals surface area contributed by atoms with Crippen LogP contribution in [0.25, 0.3) is 0 Å². The molecular formula is C22H25F2N3O5. The Labute approximate surface area is 183 Å². The Bertz CT molecular complexity index is 1070. The predicted octanol–water partition coefficient (Wildman–Crippen LogP) is 1.83. The number of halogens is 2. The number of hydrogen-bond acceptors (Lipinski definition) is 5. The van der Waals surface area contributed by atoms with Crippen LogP contribution in [-0.4, -0.2) is 59.3 Å². The van der Waals surface area contributed by atoms with Crippen molar-refractivity contribution >= 4 is 23.3 Å². The molecule has 0 spiro atoms. The number of Topliss-reactive ketones (excluding diaryl/α,β-unsaturated/α-hetero) is 1. The Balaban J connectivity index is 1.92. The topological polar surface area (TPSA) is 110 Å². The zero-order chi connectivity index (χ0) is 23.6. The lowest BCUT2D eigenvalue weighted by Crippen LogP contribution is -2.45. The Morgan fingerprint density at radius 3 is 2.53 bits per heavy atom. The highest BCUT2D eigenvalue weighted by molar-refractivity contribution is 6.43. The summed E-state index contributed by atoms with van der Waals surface area (Å²) in [5.74, 6) is -2.92. The lowest BCUT2D eigenvalue weighted by Gasteiger charge is -2.15. The van der Waals surface area contributed by atoms with E-state index < -0.39 is 42.2 Å². The number of benzene rings is 1. The number of ketones is 1. The summed E-state index contributed by atoms with van der Waals surface area (Å²) in [6.07, 6.45) is -0.937. The van der Waals surface area contributed by atoms with Crippen molar-refractivity contribution in [1.82, 2.24) is 9.88 Å². The van der Waals surface area contributed by atoms with E-state index in [9.17, 15) is 28.3 Å². The highest BCUT2D eigenvalue weighted by Gasteiger charge is 2.33. The van der Waals surface area contributed by atoms with Crippen LogP contribution in [0.5, 0.6) is 0 Å². The van der Waals surface area contributed by atoms with Crippen molar-refractivity contribution in [2.45, 2.75) is 39.5 Å². The van der Waals surface area contributed by atoms with Gasteiger partial charge in [-0.3, -0.25) is 14.4 Å². The van der Waals surface area contributed by atoms with E-state index in [4.69, 9.17) is 4.74 Å². The number of amides is 2. The van der Waals surface area contributed by atoms with Gasteiger partial charge < -0.3 is 25.0 Å². The molecule has 172 valence electrons. The number of ether oxygens (including phenoxy) is 1. The van der Waals surface area contributed by atoms with E-state index in [0.29, 0.717) is 16.9 Å². The summed E-state index contributed by atoms with van der Waals surface area (Å²) in [6.45, 7) is 3.68. The van der Waals surface area contributed by atoms with Gasteiger partial charge in [-0.1, -0.05) is 0 Å². The van der Waals surface area contributed by atoms with Gasteiger partial charge >= 0.3 is 0 Å². The first-order valence-corrected chi connectivity index (χ1v) is 10.1. The van der Waals surface area contributed by atoms with Gasteiger partial charge in [-0.05, 0) is 50.1 Å². The van der Waals surface area contributed by atoms with Crippen molar-refractivity contribution in [3.8, 4) is 0 Å². The van der Waals surface area contributed by atoms with Gasteiger partial charge in [0, 0.05) is 11.4 Å². The third-order valence-electron chi connectivity index (χ3n) is 5.51. The smallest absolute Gasteiger partial charge is 0.294 e. The van der Waals surface area contributed by atoms with Crippen LogP contribution < -0.4 is 10.6 Å². The summed E-state index contributed by atoms with van der Waals surface area (Å²) in [5, 5.41) is 14.9. The number of aliphatic hydroxyl groups is 1. The average molecular weight is 449 g/mol. The summed E-state index contributed by atoms with van der Waals surface area (Å²) in [6, 6.07) is 3.35. The molecule has 3 rings (SSSR count). The van der Waals surface area contributed by atoms with Crippen LogP contribution in [0.4, 0.5) is 14.5 Å². The van der Waals surface area contributed by atoms with Crippen molar-refractivity contribution in [3.05, 3.63) is 52.1 Å². The standard InChI is InChI=1S/C22H25F2N3O5/c1-11-8-14(4-5-15(11)24)25-21(30)18-12(2)19(27(7-6-23)13(18)3)20(29)22(31)26-16-9-32-10-17(16)28/h4-5,8,16-17,28H,6-7,9-10H2,1-3H3,(H,25,30)(H,26,31)/t16-,17-/m0/s1. The largest absolute Gasteiger partial charge is 0.388 e. The van der Waals surface area contributed by atoms with Crippen molar-refractivity contribution in [2.75, 3.05) is 25.2 Å². The normalized spacial score (nSPS) is 17.9. The molecule has 8 nitrogen and oxygen atoms in total. The molecular weight excluding hydrogens is 424 g/mol. The quantitative estimate of drug-likeness (QED) is 0.441. The number of carbonyl (C=O) groups excluding carboxylic acids is 3. The molecule has 0 bridgehead atoms. The molecule has 1 saturated heterocycles. The van der Waals surface area contributed by atoms with Gasteiger partial charge in [-0.25, -0.2) is 8.78 Å². The highest BCUT2D eigenvalue weighted by Crippen LogP contribution is 2.25. The van der Waals surface area contributed by atoms with Crippen LogP contribution in [0.3, 0.4) is 0 Å². The monoisotopic (exact) mass is 449 g/mol. The molecule has 0 radical (unpaired) electrons. The number of nitrogens with one attached hydrogen (secondary N) is 2. The van der Waals surface area contributed by atoms with Crippen LogP contribution in [0.15, 0.2) is 18.2 Å². The van der Waals surface area contributed by atoms with Gasteiger partial charge in [-0.2, -0.15) is 0 Å². The third-order valence-corrected chi connectivity index (χ3v) is 5.51. The van der Waals surface area contributed by atoms with Crippen LogP contribution in [0.2, 0.25) is 0 Å². The van der Waals surface area contributed by atoms with Gasteiger partial charge in [0.2, 0.25) is 0 Å². The van der Waals surface area contributed by atoms with Gasteiger partial charge in [-0.15, -0.1) is 0 Å². The molecule has 2 amide bonds. The van der Waals surface area contributed by atoms with Crippen LogP contribution in [0, 0.1) is 26.6 Å². The fraction of sp³-hybridized carbons (Fsp3) is 0.409. The van der Waals surface area contributed by atoms with E-state index in [1.807, 2.05) is 0 Å². The Morgan fingerprint density at radius 2 is 1.94 bits per heavy atom. The molecule has 1 aromatic carbocycles. The van der Waals surface area contributed by atoms with Gasteiger partial charge in [0.1, 0.15) is 12.5 Å². The first-order chi connectivity index (χ1) is 15.1. The minimum atomic E-state index is -0.985. The molecule has 2 atom stereocenters. The van der Waals surface area contributed by atoms with Crippen LogP contribution in [-0.2, 0) is 16.1 Å². The summed E-state index contributed by atoms with van der Waals surface area (Å²) < 4.78 is 33.1. The lowest BCUT2D eigenvalue weighted by atomic mass is 10.1. The second-order valence-electron chi connectivity index (χ2n) is 7.71. The number of hydrogen-bond donors (Lipinski definition) is 3. The lowest BCUT2D eigenvalue weighted by molar-refractivity contribution is -0.118. The number of rotatable bonds is 7. The van der Waals surface area contributed by atoms with Crippen LogP contribution >= 0.6 is 0 Å². The Morgan fingerprint density at radius 1 is 1.22 bits per heavy atom. The number of carbonyl (C=O) groups is 3. The first-order valence-electron chi connectivity index (χ1n) is 10.1. The van der Waals surface area contributed by atoms with Gasteiger partial charge in [0.15, 0.2) is 0 Å². The second-order valence-corrected chi connectivity index (χ2v) is 7.71. The SMILES string of the molecule is Cc1cc(NC(=O)c2c(C)c(C(=O)C(=O)N[C@H]3COC[C@@H]3O)n(CCF)c2C)ccc1F. The Kier molecular flexibility index (Phi) is 7.05. The number of aryl methyl sites for hydroxylation is 1. The van der Waals surface area contributed by atoms with E-state index >= 15 is 0 Å². The molecule has 1 aliphatic heterocycles. The van der Waals surface area contributed by atoms with E-state index in [1.165, 1.54) is 29.7 Å². The fourth-order valence-corrected chi connectivity index (χ4v) is 3.82. The summed E-state index contributed by atoms with van der Waals surface area (Å²) >= 11 is 0. The maximum absolute atomic E-state index is 13.5. The number of nitrogens with zero attached hydrogens (tertiary/aromatic N) is 1. The molecule has 0 unspecified atom stereocenters. The predicted molar refractivity (Wildman–Crippen MR) is 112 cm³/mol. The molecule has 3 N–H and O–H groups in total. The minimum Gasteiger partial charge on any atom is -0.388 e. The third kappa shape index (κ3) is 4.56. The molecule has 10 heteroatoms. The fourth-order valence-electron chi connectivity index (χ4n) is 3.82. The molecule has 32 heavy (non-hydrogen) atoms. The summed E-state index contributed by atoms with van der Waals surface area (Å²) in [5.41, 5.74) is 1.25. The summed E-state index contributed by atoms with van der Waals surface area (Å²) in [7, 11) is 0. The minimum absolute atomic E-state index is 0.0443. The van der Waals surface area contributed by atoms with E-state index in [1.54, 1.807) is 13.8 Å². The second kappa shape index (κ2) is 9.58. The number of alkyl halides is 1. The maximum Gasteiger partial charge on any atom is 0.294 e. The van der Waals surface area contributed by atoms with Gasteiger partial charge in [0.25, 0.3) is 17.6 Å². The molecule has 1 aliphatic rings. The average Bonchev–Trinajstić information content (AvgIpc) is 3.24. The molecule has 1 fully saturated rings. The van der Waals surface area contributed by atoms with Crippen molar-refractivity contribution in [1.29, 1.82) is 0 Å². The summed E-state index contributed by atoms with van der Waals surface area (Å²) in [4.78, 5) is 38.4. The van der Waals surface area contributed by atoms with E-state index in [-0.39, 0.29) is 36.6 Å². The number of anilines is 1. The van der Waals surface area contributed by atoms with Gasteiger partial charge in [0.05, 0.1) is 43.2 Å². The van der Waals surface area contributed by atoms with E-state index in [0.717, 1.165) is 0 Å². The van der Waals surface area contributed by atoms with Crippen LogP contribution in [0.1, 0.15) is 37.7 Å². The number of aliphatic hydroxyl groups excluding tert-OH is 1. The zero-order valence-electron chi connectivity index (χ0n) is 18.0. The van der Waals surface area contributed by atoms with E-state index in [2.05, 4.69) is 10.6 Å². The Hall–Kier alpha value is -3.11. The molecule has 2 heterocycles. The van der Waals surface area contributed by atoms with Crippen molar-refractivity contribution in [3.63, 3.8) is 0 Å². The molecule has 0 saturated carbocycles. The molecule has 0 aliphatic carbocycles. The number of aromatic nitrogens is 1. The first kappa shape index (κ1) is 23.6. The highest BCUT2D eigenvalue weighted by atomic mass is 19.1. The van der Waals surface area contributed by atoms with Crippen molar-refractivity contribution in [2.24, 2.45) is 0 Å². The maximum atomic E-state index is 13.5. The zero-order valence-corrected chi connectivity index (χ0v) is 18.0. The van der Waals surface area contributed by atoms with Crippen molar-refractivity contribution < 1.29 is 33.0 Å². The molecule has 1 aromatic heterocycles.